The fourth-order valence-electron chi connectivity index (χ4n) is 3.36. The van der Waals surface area contributed by atoms with E-state index < -0.39 is 0 Å². The standard InChI is InChI=1S/C22H22N4O4/c1-14-24-25-22(30-14)18-12-26(19-7-5-4-6-17(18)19)13-21(27)23-11-15-8-9-16(28-2)10-20(15)29-3/h4-10,12H,11,13H2,1-3H3,(H,23,27). The smallest absolute Gasteiger partial charge is 0.249 e. The van der Waals surface area contributed by atoms with E-state index in [2.05, 4.69) is 15.5 Å². The van der Waals surface area contributed by atoms with Crippen LogP contribution in [0.1, 0.15) is 11.5 Å². The largest absolute Gasteiger partial charge is 0.497 e. The number of aryl methyl sites for hydroxylation is 1. The van der Waals surface area contributed by atoms with Gasteiger partial charge in [-0.15, -0.1) is 10.2 Å². The van der Waals surface area contributed by atoms with Crippen LogP contribution in [-0.2, 0) is 17.9 Å². The van der Waals surface area contributed by atoms with Gasteiger partial charge in [-0.1, -0.05) is 18.2 Å². The highest BCUT2D eigenvalue weighted by molar-refractivity contribution is 5.94. The lowest BCUT2D eigenvalue weighted by Crippen LogP contribution is -2.27. The summed E-state index contributed by atoms with van der Waals surface area (Å²) in [6, 6.07) is 13.3. The molecule has 0 aliphatic carbocycles. The van der Waals surface area contributed by atoms with Gasteiger partial charge < -0.3 is 23.8 Å². The third-order valence-corrected chi connectivity index (χ3v) is 4.83. The predicted molar refractivity (Wildman–Crippen MR) is 111 cm³/mol. The number of fused-ring (bicyclic) bond motifs is 1. The van der Waals surface area contributed by atoms with Crippen molar-refractivity contribution < 1.29 is 18.7 Å². The van der Waals surface area contributed by atoms with Crippen molar-refractivity contribution in [3.63, 3.8) is 0 Å². The van der Waals surface area contributed by atoms with E-state index in [0.29, 0.717) is 29.8 Å². The summed E-state index contributed by atoms with van der Waals surface area (Å²) in [5, 5.41) is 11.9. The van der Waals surface area contributed by atoms with Gasteiger partial charge >= 0.3 is 0 Å². The van der Waals surface area contributed by atoms with Crippen molar-refractivity contribution in [2.24, 2.45) is 0 Å². The summed E-state index contributed by atoms with van der Waals surface area (Å²) in [4.78, 5) is 12.7. The van der Waals surface area contributed by atoms with E-state index in [1.54, 1.807) is 27.2 Å². The van der Waals surface area contributed by atoms with E-state index in [-0.39, 0.29) is 12.5 Å². The van der Waals surface area contributed by atoms with E-state index in [1.807, 2.05) is 47.2 Å². The maximum absolute atomic E-state index is 12.7. The number of para-hydroxylation sites is 1. The maximum Gasteiger partial charge on any atom is 0.249 e. The van der Waals surface area contributed by atoms with Gasteiger partial charge in [0.25, 0.3) is 0 Å². The molecule has 0 unspecified atom stereocenters. The van der Waals surface area contributed by atoms with Crippen LogP contribution in [0.4, 0.5) is 0 Å². The Labute approximate surface area is 173 Å². The normalized spacial score (nSPS) is 10.9. The van der Waals surface area contributed by atoms with Crippen LogP contribution in [-0.4, -0.2) is 34.9 Å². The molecule has 0 fully saturated rings. The highest BCUT2D eigenvalue weighted by atomic mass is 16.5. The number of benzene rings is 2. The second kappa shape index (κ2) is 8.28. The lowest BCUT2D eigenvalue weighted by molar-refractivity contribution is -0.121. The van der Waals surface area contributed by atoms with Crippen molar-refractivity contribution in [1.82, 2.24) is 20.1 Å². The number of aromatic nitrogens is 3. The summed E-state index contributed by atoms with van der Waals surface area (Å²) in [5.41, 5.74) is 2.59. The zero-order valence-corrected chi connectivity index (χ0v) is 17.0. The summed E-state index contributed by atoms with van der Waals surface area (Å²) in [5.74, 6) is 2.17. The number of nitrogens with zero attached hydrogens (tertiary/aromatic N) is 3. The summed E-state index contributed by atoms with van der Waals surface area (Å²) < 4.78 is 18.1. The van der Waals surface area contributed by atoms with Crippen LogP contribution >= 0.6 is 0 Å². The first-order chi connectivity index (χ1) is 14.6. The van der Waals surface area contributed by atoms with E-state index >= 15 is 0 Å². The number of methoxy groups -OCH3 is 2. The average Bonchev–Trinajstić information content (AvgIpc) is 3.36. The fourth-order valence-corrected chi connectivity index (χ4v) is 3.36. The molecule has 8 heteroatoms. The van der Waals surface area contributed by atoms with Crippen molar-refractivity contribution in [3.05, 3.63) is 60.1 Å². The van der Waals surface area contributed by atoms with Crippen molar-refractivity contribution in [2.75, 3.05) is 14.2 Å². The van der Waals surface area contributed by atoms with Crippen LogP contribution in [0.25, 0.3) is 22.4 Å². The molecule has 0 bridgehead atoms. The van der Waals surface area contributed by atoms with E-state index in [1.165, 1.54) is 0 Å². The van der Waals surface area contributed by atoms with Crippen LogP contribution in [0.2, 0.25) is 0 Å². The first kappa shape index (κ1) is 19.5. The first-order valence-electron chi connectivity index (χ1n) is 9.45. The van der Waals surface area contributed by atoms with Gasteiger partial charge in [-0.05, 0) is 18.2 Å². The fraction of sp³-hybridized carbons (Fsp3) is 0.227. The lowest BCUT2D eigenvalue weighted by Gasteiger charge is -2.12. The highest BCUT2D eigenvalue weighted by Crippen LogP contribution is 2.30. The third-order valence-electron chi connectivity index (χ3n) is 4.83. The van der Waals surface area contributed by atoms with Crippen molar-refractivity contribution in [3.8, 4) is 23.0 Å². The number of carbonyl (C=O) groups excluding carboxylic acids is 1. The molecule has 0 aliphatic heterocycles. The van der Waals surface area contributed by atoms with E-state index in [4.69, 9.17) is 13.9 Å². The van der Waals surface area contributed by atoms with Crippen LogP contribution in [0.5, 0.6) is 11.5 Å². The number of hydrogen-bond donors (Lipinski definition) is 1. The van der Waals surface area contributed by atoms with Crippen LogP contribution < -0.4 is 14.8 Å². The Morgan fingerprint density at radius 2 is 1.97 bits per heavy atom. The van der Waals surface area contributed by atoms with Gasteiger partial charge in [-0.25, -0.2) is 0 Å². The lowest BCUT2D eigenvalue weighted by atomic mass is 10.2. The van der Waals surface area contributed by atoms with Gasteiger partial charge in [0.15, 0.2) is 0 Å². The molecule has 2 aromatic carbocycles. The monoisotopic (exact) mass is 406 g/mol. The zero-order valence-electron chi connectivity index (χ0n) is 17.0. The molecule has 2 heterocycles. The molecule has 0 spiro atoms. The van der Waals surface area contributed by atoms with Crippen LogP contribution in [0.15, 0.2) is 53.1 Å². The molecule has 8 nitrogen and oxygen atoms in total. The van der Waals surface area contributed by atoms with Gasteiger partial charge in [0, 0.05) is 42.2 Å². The van der Waals surface area contributed by atoms with Crippen molar-refractivity contribution in [2.45, 2.75) is 20.0 Å². The second-order valence-corrected chi connectivity index (χ2v) is 6.77. The van der Waals surface area contributed by atoms with Gasteiger partial charge in [0.1, 0.15) is 18.0 Å². The maximum atomic E-state index is 12.7. The highest BCUT2D eigenvalue weighted by Gasteiger charge is 2.16. The number of nitrogens with one attached hydrogen (secondary N) is 1. The number of amides is 1. The molecule has 1 amide bonds. The van der Waals surface area contributed by atoms with Crippen LogP contribution in [0, 0.1) is 6.92 Å². The van der Waals surface area contributed by atoms with Crippen molar-refractivity contribution >= 4 is 16.8 Å². The molecule has 4 rings (SSSR count). The molecule has 0 saturated carbocycles. The molecule has 0 aliphatic rings. The Morgan fingerprint density at radius 3 is 2.70 bits per heavy atom. The topological polar surface area (TPSA) is 91.4 Å². The van der Waals surface area contributed by atoms with E-state index in [9.17, 15) is 4.79 Å². The first-order valence-corrected chi connectivity index (χ1v) is 9.45. The SMILES string of the molecule is COc1ccc(CNC(=O)Cn2cc(-c3nnc(C)o3)c3ccccc32)c(OC)c1. The third kappa shape index (κ3) is 3.84. The summed E-state index contributed by atoms with van der Waals surface area (Å²) in [6.45, 7) is 2.25. The molecule has 0 radical (unpaired) electrons. The number of hydrogen-bond acceptors (Lipinski definition) is 6. The summed E-state index contributed by atoms with van der Waals surface area (Å²) >= 11 is 0. The Kier molecular flexibility index (Phi) is 5.38. The predicted octanol–water partition coefficient (Wildman–Crippen LogP) is 3.33. The number of rotatable bonds is 7. The summed E-state index contributed by atoms with van der Waals surface area (Å²) in [7, 11) is 3.19. The molecule has 0 saturated heterocycles. The van der Waals surface area contributed by atoms with Gasteiger partial charge in [0.2, 0.25) is 17.7 Å². The minimum Gasteiger partial charge on any atom is -0.497 e. The minimum atomic E-state index is -0.123. The Bertz CT molecular complexity index is 1200. The molecular weight excluding hydrogens is 384 g/mol. The Balaban J connectivity index is 1.53. The molecule has 2 aromatic heterocycles. The molecule has 1 N–H and O–H groups in total. The molecule has 4 aromatic rings. The van der Waals surface area contributed by atoms with Crippen LogP contribution in [0.3, 0.4) is 0 Å². The number of ether oxygens (including phenoxy) is 2. The second-order valence-electron chi connectivity index (χ2n) is 6.77. The zero-order chi connectivity index (χ0) is 21.1. The van der Waals surface area contributed by atoms with Gasteiger partial charge in [0.05, 0.1) is 19.8 Å². The van der Waals surface area contributed by atoms with Gasteiger partial charge in [-0.2, -0.15) is 0 Å². The number of carbonyl (C=O) groups is 1. The van der Waals surface area contributed by atoms with Gasteiger partial charge in [-0.3, -0.25) is 4.79 Å². The molecule has 0 atom stereocenters. The quantitative estimate of drug-likeness (QED) is 0.506. The summed E-state index contributed by atoms with van der Waals surface area (Å²) in [6.07, 6.45) is 1.87. The molecular formula is C22H22N4O4. The van der Waals surface area contributed by atoms with E-state index in [0.717, 1.165) is 22.0 Å². The Morgan fingerprint density at radius 1 is 1.13 bits per heavy atom. The average molecular weight is 406 g/mol. The van der Waals surface area contributed by atoms with Crippen molar-refractivity contribution in [1.29, 1.82) is 0 Å². The Hall–Kier alpha value is -3.81. The molecule has 30 heavy (non-hydrogen) atoms. The minimum absolute atomic E-state index is 0.123. The molecule has 154 valence electrons.